The first-order valence-electron chi connectivity index (χ1n) is 4.37. The van der Waals surface area contributed by atoms with Gasteiger partial charge in [0.2, 0.25) is 0 Å². The van der Waals surface area contributed by atoms with Gasteiger partial charge in [0.1, 0.15) is 0 Å². The summed E-state index contributed by atoms with van der Waals surface area (Å²) in [4.78, 5) is 0. The minimum Gasteiger partial charge on any atom is -0.385 e. The van der Waals surface area contributed by atoms with Gasteiger partial charge in [0.05, 0.1) is 0 Å². The van der Waals surface area contributed by atoms with Gasteiger partial charge in [-0.25, -0.2) is 0 Å². The van der Waals surface area contributed by atoms with E-state index in [1.807, 2.05) is 25.2 Å². The summed E-state index contributed by atoms with van der Waals surface area (Å²) < 4.78 is 0. The molecule has 2 heteroatoms. The van der Waals surface area contributed by atoms with Crippen molar-refractivity contribution in [3.63, 3.8) is 0 Å². The van der Waals surface area contributed by atoms with Gasteiger partial charge in [-0.05, 0) is 32.1 Å². The number of hydrogen-bond acceptors (Lipinski definition) is 2. The van der Waals surface area contributed by atoms with Crippen molar-refractivity contribution in [2.45, 2.75) is 6.42 Å². The lowest BCUT2D eigenvalue weighted by Crippen LogP contribution is -2.12. The maximum absolute atomic E-state index is 3.34. The van der Waals surface area contributed by atoms with Crippen LogP contribution in [0.2, 0.25) is 0 Å². The molecule has 0 atom stereocenters. The van der Waals surface area contributed by atoms with E-state index in [0.717, 1.165) is 19.5 Å². The van der Waals surface area contributed by atoms with Crippen LogP contribution in [-0.2, 0) is 0 Å². The number of nitrogens with one attached hydrogen (secondary N) is 2. The second-order valence-electron chi connectivity index (χ2n) is 2.75. The molecule has 2 nitrogen and oxygen atoms in total. The van der Waals surface area contributed by atoms with E-state index in [1.165, 1.54) is 5.69 Å². The Morgan fingerprint density at radius 3 is 2.50 bits per heavy atom. The molecule has 66 valence electrons. The van der Waals surface area contributed by atoms with Crippen LogP contribution in [0.15, 0.2) is 30.3 Å². The highest BCUT2D eigenvalue weighted by molar-refractivity contribution is 5.42. The van der Waals surface area contributed by atoms with Gasteiger partial charge in [-0.2, -0.15) is 0 Å². The van der Waals surface area contributed by atoms with Crippen LogP contribution in [0, 0.1) is 0 Å². The van der Waals surface area contributed by atoms with E-state index < -0.39 is 0 Å². The van der Waals surface area contributed by atoms with Crippen molar-refractivity contribution < 1.29 is 0 Å². The van der Waals surface area contributed by atoms with E-state index >= 15 is 0 Å². The van der Waals surface area contributed by atoms with Gasteiger partial charge in [0.25, 0.3) is 0 Å². The lowest BCUT2D eigenvalue weighted by Gasteiger charge is -2.04. The van der Waals surface area contributed by atoms with Crippen molar-refractivity contribution in [3.05, 3.63) is 30.3 Å². The Hall–Kier alpha value is -1.02. The molecule has 0 radical (unpaired) electrons. The van der Waals surface area contributed by atoms with Crippen LogP contribution in [0.25, 0.3) is 0 Å². The first-order valence-corrected chi connectivity index (χ1v) is 4.37. The van der Waals surface area contributed by atoms with Crippen LogP contribution in [0.3, 0.4) is 0 Å². The molecular formula is C10H16N2. The molecular weight excluding hydrogens is 148 g/mol. The van der Waals surface area contributed by atoms with Gasteiger partial charge in [0, 0.05) is 12.2 Å². The van der Waals surface area contributed by atoms with Crippen molar-refractivity contribution in [2.24, 2.45) is 0 Å². The summed E-state index contributed by atoms with van der Waals surface area (Å²) in [5.41, 5.74) is 1.20. The average Bonchev–Trinajstić information content (AvgIpc) is 2.14. The van der Waals surface area contributed by atoms with E-state index in [2.05, 4.69) is 22.8 Å². The highest BCUT2D eigenvalue weighted by Crippen LogP contribution is 2.03. The van der Waals surface area contributed by atoms with Crippen molar-refractivity contribution in [2.75, 3.05) is 25.5 Å². The largest absolute Gasteiger partial charge is 0.385 e. The van der Waals surface area contributed by atoms with Gasteiger partial charge >= 0.3 is 0 Å². The molecule has 0 amide bonds. The van der Waals surface area contributed by atoms with Crippen molar-refractivity contribution in [1.29, 1.82) is 0 Å². The Morgan fingerprint density at radius 1 is 1.08 bits per heavy atom. The number of para-hydroxylation sites is 1. The molecule has 0 spiro atoms. The Kier molecular flexibility index (Phi) is 4.24. The zero-order valence-corrected chi connectivity index (χ0v) is 7.51. The maximum atomic E-state index is 3.34. The monoisotopic (exact) mass is 164 g/mol. The fourth-order valence-electron chi connectivity index (χ4n) is 1.05. The van der Waals surface area contributed by atoms with Crippen LogP contribution in [0.4, 0.5) is 5.69 Å². The number of hydrogen-bond donors (Lipinski definition) is 2. The summed E-state index contributed by atoms with van der Waals surface area (Å²) in [7, 11) is 1.97. The van der Waals surface area contributed by atoms with Gasteiger partial charge < -0.3 is 10.6 Å². The molecule has 0 heterocycles. The summed E-state index contributed by atoms with van der Waals surface area (Å²) in [6, 6.07) is 10.3. The molecule has 0 aliphatic carbocycles. The number of anilines is 1. The van der Waals surface area contributed by atoms with Gasteiger partial charge in [-0.15, -0.1) is 0 Å². The summed E-state index contributed by atoms with van der Waals surface area (Å²) in [5.74, 6) is 0. The molecule has 0 saturated carbocycles. The Morgan fingerprint density at radius 2 is 1.83 bits per heavy atom. The van der Waals surface area contributed by atoms with Crippen LogP contribution in [-0.4, -0.2) is 20.1 Å². The van der Waals surface area contributed by atoms with Crippen molar-refractivity contribution >= 4 is 5.69 Å². The van der Waals surface area contributed by atoms with Crippen LogP contribution in [0.1, 0.15) is 6.42 Å². The predicted molar refractivity (Wildman–Crippen MR) is 53.5 cm³/mol. The second kappa shape index (κ2) is 5.61. The maximum Gasteiger partial charge on any atom is 0.0340 e. The van der Waals surface area contributed by atoms with Gasteiger partial charge in [-0.3, -0.25) is 0 Å². The summed E-state index contributed by atoms with van der Waals surface area (Å²) >= 11 is 0. The van der Waals surface area contributed by atoms with Crippen LogP contribution in [0.5, 0.6) is 0 Å². The van der Waals surface area contributed by atoms with E-state index in [4.69, 9.17) is 0 Å². The third-order valence-corrected chi connectivity index (χ3v) is 1.71. The minimum absolute atomic E-state index is 1.03. The Labute approximate surface area is 74.0 Å². The third kappa shape index (κ3) is 3.39. The molecule has 12 heavy (non-hydrogen) atoms. The molecule has 0 fully saturated rings. The quantitative estimate of drug-likeness (QED) is 0.647. The molecule has 1 rings (SSSR count). The molecule has 0 aliphatic heterocycles. The highest BCUT2D eigenvalue weighted by Gasteiger charge is 1.87. The summed E-state index contributed by atoms with van der Waals surface area (Å²) in [6.07, 6.45) is 1.16. The molecule has 1 aromatic rings. The molecule has 0 unspecified atom stereocenters. The second-order valence-corrected chi connectivity index (χ2v) is 2.75. The number of benzene rings is 1. The Balaban J connectivity index is 2.16. The van der Waals surface area contributed by atoms with Crippen LogP contribution < -0.4 is 10.6 Å². The molecule has 1 aromatic carbocycles. The van der Waals surface area contributed by atoms with E-state index in [0.29, 0.717) is 0 Å². The van der Waals surface area contributed by atoms with Gasteiger partial charge in [-0.1, -0.05) is 18.2 Å². The van der Waals surface area contributed by atoms with Gasteiger partial charge in [0.15, 0.2) is 0 Å². The Bertz CT molecular complexity index is 196. The lowest BCUT2D eigenvalue weighted by molar-refractivity contribution is 0.748. The average molecular weight is 164 g/mol. The fourth-order valence-corrected chi connectivity index (χ4v) is 1.05. The van der Waals surface area contributed by atoms with Crippen molar-refractivity contribution in [3.8, 4) is 0 Å². The molecule has 0 saturated heterocycles. The van der Waals surface area contributed by atoms with E-state index in [-0.39, 0.29) is 0 Å². The van der Waals surface area contributed by atoms with Crippen LogP contribution >= 0.6 is 0 Å². The summed E-state index contributed by atoms with van der Waals surface area (Å²) in [5, 5.41) is 6.45. The lowest BCUT2D eigenvalue weighted by atomic mass is 10.3. The van der Waals surface area contributed by atoms with Crippen molar-refractivity contribution in [1.82, 2.24) is 5.32 Å². The zero-order chi connectivity index (χ0) is 8.65. The minimum atomic E-state index is 1.03. The summed E-state index contributed by atoms with van der Waals surface area (Å²) in [6.45, 7) is 2.10. The normalized spacial score (nSPS) is 9.75. The zero-order valence-electron chi connectivity index (χ0n) is 7.51. The van der Waals surface area contributed by atoms with E-state index in [9.17, 15) is 0 Å². The first-order chi connectivity index (χ1) is 5.93. The standard InChI is InChI=1S/C10H16N2/c1-11-8-5-9-12-10-6-3-2-4-7-10/h2-4,6-7,11-12H,5,8-9H2,1H3. The smallest absolute Gasteiger partial charge is 0.0340 e. The first kappa shape index (κ1) is 9.07. The topological polar surface area (TPSA) is 24.1 Å². The molecule has 0 bridgehead atoms. The SMILES string of the molecule is CNCCCNc1ccccc1. The molecule has 2 N–H and O–H groups in total. The fraction of sp³-hybridized carbons (Fsp3) is 0.400. The van der Waals surface area contributed by atoms with E-state index in [1.54, 1.807) is 0 Å². The third-order valence-electron chi connectivity index (χ3n) is 1.71. The number of rotatable bonds is 5. The molecule has 0 aromatic heterocycles. The predicted octanol–water partition coefficient (Wildman–Crippen LogP) is 1.71. The molecule has 0 aliphatic rings. The highest BCUT2D eigenvalue weighted by atomic mass is 14.9.